The average molecular weight is 320 g/mol. The molecule has 0 heterocycles. The van der Waals surface area contributed by atoms with Gasteiger partial charge in [-0.2, -0.15) is 10.2 Å². The lowest BCUT2D eigenvalue weighted by Gasteiger charge is -2.18. The maximum atomic E-state index is 12.7. The van der Waals surface area contributed by atoms with Gasteiger partial charge in [-0.05, 0) is 43.3 Å². The van der Waals surface area contributed by atoms with Gasteiger partial charge in [0.25, 0.3) is 0 Å². The minimum Gasteiger partial charge on any atom is -0.395 e. The highest BCUT2D eigenvalue weighted by Crippen LogP contribution is 2.49. The van der Waals surface area contributed by atoms with Gasteiger partial charge in [-0.25, -0.2) is 4.57 Å². The number of azo groups is 1. The molecule has 22 heavy (non-hydrogen) atoms. The van der Waals surface area contributed by atoms with E-state index in [4.69, 9.17) is 13.6 Å². The smallest absolute Gasteiger partial charge is 0.395 e. The monoisotopic (exact) mass is 320 g/mol. The van der Waals surface area contributed by atoms with Gasteiger partial charge in [-0.15, -0.1) is 0 Å². The van der Waals surface area contributed by atoms with Crippen molar-refractivity contribution in [3.8, 4) is 11.5 Å². The molecule has 2 aromatic carbocycles. The van der Waals surface area contributed by atoms with E-state index in [1.54, 1.807) is 62.5 Å². The Morgan fingerprint density at radius 1 is 0.955 bits per heavy atom. The Kier molecular flexibility index (Phi) is 5.69. The van der Waals surface area contributed by atoms with Crippen LogP contribution >= 0.6 is 7.82 Å². The largest absolute Gasteiger partial charge is 0.587 e. The van der Waals surface area contributed by atoms with Crippen LogP contribution in [0.3, 0.4) is 0 Å². The van der Waals surface area contributed by atoms with Gasteiger partial charge in [-0.1, -0.05) is 18.2 Å². The first-order chi connectivity index (χ1) is 10.6. The Labute approximate surface area is 129 Å². The molecule has 0 aliphatic carbocycles. The number of rotatable bonds is 7. The third kappa shape index (κ3) is 4.69. The van der Waals surface area contributed by atoms with Gasteiger partial charge in [0, 0.05) is 7.05 Å². The van der Waals surface area contributed by atoms with E-state index in [1.807, 2.05) is 6.07 Å². The zero-order chi connectivity index (χ0) is 15.8. The SMILES string of the molecule is CCOP(=O)(Oc1ccccc1)Oc1ccc(N=NC)cc1. The first kappa shape index (κ1) is 16.2. The molecule has 0 N–H and O–H groups in total. The molecule has 0 aliphatic rings. The van der Waals surface area contributed by atoms with Gasteiger partial charge in [0.15, 0.2) is 0 Å². The molecular weight excluding hydrogens is 303 g/mol. The van der Waals surface area contributed by atoms with Crippen LogP contribution in [0.15, 0.2) is 64.8 Å². The van der Waals surface area contributed by atoms with Crippen LogP contribution in [0.1, 0.15) is 6.92 Å². The van der Waals surface area contributed by atoms with Gasteiger partial charge in [0.1, 0.15) is 11.5 Å². The fourth-order valence-corrected chi connectivity index (χ4v) is 2.88. The van der Waals surface area contributed by atoms with E-state index >= 15 is 0 Å². The van der Waals surface area contributed by atoms with Crippen molar-refractivity contribution < 1.29 is 18.1 Å². The van der Waals surface area contributed by atoms with Crippen molar-refractivity contribution in [3.63, 3.8) is 0 Å². The highest BCUT2D eigenvalue weighted by atomic mass is 31.2. The Morgan fingerprint density at radius 2 is 1.55 bits per heavy atom. The molecule has 0 aromatic heterocycles. The summed E-state index contributed by atoms with van der Waals surface area (Å²) in [6.07, 6.45) is 0. The fourth-order valence-electron chi connectivity index (χ4n) is 1.66. The molecule has 116 valence electrons. The second-order valence-corrected chi connectivity index (χ2v) is 5.67. The van der Waals surface area contributed by atoms with E-state index in [-0.39, 0.29) is 6.61 Å². The minimum absolute atomic E-state index is 0.201. The molecule has 7 heteroatoms. The van der Waals surface area contributed by atoms with E-state index in [1.165, 1.54) is 0 Å². The van der Waals surface area contributed by atoms with Gasteiger partial charge in [0.2, 0.25) is 0 Å². The summed E-state index contributed by atoms with van der Waals surface area (Å²) < 4.78 is 28.6. The Balaban J connectivity index is 2.15. The predicted molar refractivity (Wildman–Crippen MR) is 83.8 cm³/mol. The second kappa shape index (κ2) is 7.73. The van der Waals surface area contributed by atoms with Crippen LogP contribution in [0.2, 0.25) is 0 Å². The molecule has 0 amide bonds. The number of nitrogens with zero attached hydrogens (tertiary/aromatic N) is 2. The summed E-state index contributed by atoms with van der Waals surface area (Å²) in [5, 5.41) is 7.56. The predicted octanol–water partition coefficient (Wildman–Crippen LogP) is 5.00. The van der Waals surface area contributed by atoms with Crippen LogP contribution in [-0.4, -0.2) is 13.7 Å². The van der Waals surface area contributed by atoms with Crippen molar-refractivity contribution in [2.75, 3.05) is 13.7 Å². The lowest BCUT2D eigenvalue weighted by atomic mass is 10.3. The van der Waals surface area contributed by atoms with E-state index in [9.17, 15) is 4.57 Å². The summed E-state index contributed by atoms with van der Waals surface area (Å²) in [4.78, 5) is 0. The first-order valence-corrected chi connectivity index (χ1v) is 8.20. The van der Waals surface area contributed by atoms with Crippen LogP contribution < -0.4 is 9.05 Å². The van der Waals surface area contributed by atoms with Crippen LogP contribution in [0, 0.1) is 0 Å². The fraction of sp³-hybridized carbons (Fsp3) is 0.200. The molecule has 1 atom stereocenters. The molecule has 0 saturated heterocycles. The van der Waals surface area contributed by atoms with Gasteiger partial charge < -0.3 is 9.05 Å². The van der Waals surface area contributed by atoms with Gasteiger partial charge in [-0.3, -0.25) is 4.52 Å². The molecular formula is C15H17N2O4P. The summed E-state index contributed by atoms with van der Waals surface area (Å²) in [5.41, 5.74) is 0.671. The van der Waals surface area contributed by atoms with Crippen molar-refractivity contribution >= 4 is 13.5 Å². The number of benzene rings is 2. The summed E-state index contributed by atoms with van der Waals surface area (Å²) in [6, 6.07) is 15.4. The lowest BCUT2D eigenvalue weighted by molar-refractivity contribution is 0.219. The third-order valence-corrected chi connectivity index (χ3v) is 3.96. The van der Waals surface area contributed by atoms with Crippen molar-refractivity contribution in [2.24, 2.45) is 10.2 Å². The van der Waals surface area contributed by atoms with Gasteiger partial charge >= 0.3 is 7.82 Å². The standard InChI is InChI=1S/C15H17N2O4P/c1-3-19-22(18,20-14-7-5-4-6-8-14)21-15-11-9-13(10-12-15)17-16-2/h4-12H,3H2,1-2H3. The van der Waals surface area contributed by atoms with Crippen LogP contribution in [-0.2, 0) is 9.09 Å². The van der Waals surface area contributed by atoms with Crippen molar-refractivity contribution in [3.05, 3.63) is 54.6 Å². The summed E-state index contributed by atoms with van der Waals surface area (Å²) in [5.74, 6) is 0.776. The molecule has 1 unspecified atom stereocenters. The number of para-hydroxylation sites is 1. The molecule has 0 spiro atoms. The normalized spacial score (nSPS) is 13.7. The molecule has 0 aliphatic heterocycles. The first-order valence-electron chi connectivity index (χ1n) is 6.74. The quantitative estimate of drug-likeness (QED) is 0.531. The summed E-state index contributed by atoms with van der Waals surface area (Å²) in [6.45, 7) is 1.92. The van der Waals surface area contributed by atoms with E-state index in [0.717, 1.165) is 0 Å². The number of hydrogen-bond acceptors (Lipinski definition) is 6. The molecule has 6 nitrogen and oxygen atoms in total. The molecule has 0 saturated carbocycles. The van der Waals surface area contributed by atoms with Crippen LogP contribution in [0.25, 0.3) is 0 Å². The number of phosphoric acid groups is 1. The third-order valence-electron chi connectivity index (χ3n) is 2.52. The summed E-state index contributed by atoms with van der Waals surface area (Å²) >= 11 is 0. The zero-order valence-corrected chi connectivity index (χ0v) is 13.3. The molecule has 0 bridgehead atoms. The van der Waals surface area contributed by atoms with Crippen molar-refractivity contribution in [1.82, 2.24) is 0 Å². The molecule has 0 radical (unpaired) electrons. The average Bonchev–Trinajstić information content (AvgIpc) is 2.50. The topological polar surface area (TPSA) is 69.5 Å². The van der Waals surface area contributed by atoms with E-state index < -0.39 is 7.82 Å². The van der Waals surface area contributed by atoms with Crippen molar-refractivity contribution in [2.45, 2.75) is 6.92 Å². The van der Waals surface area contributed by atoms with E-state index in [0.29, 0.717) is 17.2 Å². The van der Waals surface area contributed by atoms with E-state index in [2.05, 4.69) is 10.2 Å². The van der Waals surface area contributed by atoms with Crippen LogP contribution in [0.4, 0.5) is 5.69 Å². The molecule has 2 rings (SSSR count). The Bertz CT molecular complexity index is 659. The van der Waals surface area contributed by atoms with Crippen molar-refractivity contribution in [1.29, 1.82) is 0 Å². The molecule has 2 aromatic rings. The summed E-state index contributed by atoms with van der Waals surface area (Å²) in [7, 11) is -2.16. The minimum atomic E-state index is -3.75. The number of hydrogen-bond donors (Lipinski definition) is 0. The lowest BCUT2D eigenvalue weighted by Crippen LogP contribution is -2.04. The highest BCUT2D eigenvalue weighted by Gasteiger charge is 2.30. The van der Waals surface area contributed by atoms with Gasteiger partial charge in [0.05, 0.1) is 12.3 Å². The highest BCUT2D eigenvalue weighted by molar-refractivity contribution is 7.49. The second-order valence-electron chi connectivity index (χ2n) is 4.15. The maximum absolute atomic E-state index is 12.7. The molecule has 0 fully saturated rings. The van der Waals surface area contributed by atoms with Crippen LogP contribution in [0.5, 0.6) is 11.5 Å². The Hall–Kier alpha value is -2.17. The Morgan fingerprint density at radius 3 is 2.09 bits per heavy atom. The zero-order valence-electron chi connectivity index (χ0n) is 12.4. The maximum Gasteiger partial charge on any atom is 0.587 e. The number of phosphoric ester groups is 1.